The summed E-state index contributed by atoms with van der Waals surface area (Å²) in [5.41, 5.74) is 0.0514. The van der Waals surface area contributed by atoms with Gasteiger partial charge in [0.05, 0.1) is 17.3 Å². The van der Waals surface area contributed by atoms with Gasteiger partial charge in [0.2, 0.25) is 0 Å². The Labute approximate surface area is 106 Å². The topological polar surface area (TPSA) is 38.3 Å². The van der Waals surface area contributed by atoms with Crippen LogP contribution in [0.15, 0.2) is 16.6 Å². The first-order valence-electron chi connectivity index (χ1n) is 4.98. The van der Waals surface area contributed by atoms with E-state index in [-0.39, 0.29) is 10.2 Å². The molecule has 0 spiro atoms. The molecular weight excluding hydrogens is 296 g/mol. The van der Waals surface area contributed by atoms with E-state index in [0.29, 0.717) is 6.42 Å². The summed E-state index contributed by atoms with van der Waals surface area (Å²) in [7, 11) is 1.25. The number of carbonyl (C=O) groups excluding carboxylic acids is 1. The highest BCUT2D eigenvalue weighted by Crippen LogP contribution is 2.24. The Kier molecular flexibility index (Phi) is 4.86. The summed E-state index contributed by atoms with van der Waals surface area (Å²) < 4.78 is 31.1. The normalized spacial score (nSPS) is 12.1. The lowest BCUT2D eigenvalue weighted by atomic mass is 10.2. The summed E-state index contributed by atoms with van der Waals surface area (Å²) in [5.74, 6) is -1.94. The van der Waals surface area contributed by atoms with E-state index in [1.165, 1.54) is 13.2 Å². The number of nitrogens with one attached hydrogen (secondary N) is 1. The second-order valence-corrected chi connectivity index (χ2v) is 4.23. The number of rotatable bonds is 4. The molecule has 0 aliphatic rings. The van der Waals surface area contributed by atoms with Gasteiger partial charge in [0, 0.05) is 6.07 Å². The van der Waals surface area contributed by atoms with Crippen LogP contribution in [-0.4, -0.2) is 19.1 Å². The van der Waals surface area contributed by atoms with Crippen molar-refractivity contribution >= 4 is 27.6 Å². The van der Waals surface area contributed by atoms with Crippen molar-refractivity contribution in [2.75, 3.05) is 12.4 Å². The van der Waals surface area contributed by atoms with E-state index in [4.69, 9.17) is 0 Å². The minimum atomic E-state index is -0.756. The van der Waals surface area contributed by atoms with Crippen LogP contribution in [0.2, 0.25) is 0 Å². The minimum Gasteiger partial charge on any atom is -0.467 e. The molecule has 1 atom stereocenters. The van der Waals surface area contributed by atoms with Gasteiger partial charge in [-0.25, -0.2) is 13.6 Å². The highest BCUT2D eigenvalue weighted by atomic mass is 79.9. The maximum absolute atomic E-state index is 13.4. The zero-order chi connectivity index (χ0) is 13.0. The molecule has 1 N–H and O–H groups in total. The Morgan fingerprint density at radius 2 is 2.12 bits per heavy atom. The third kappa shape index (κ3) is 3.39. The summed E-state index contributed by atoms with van der Waals surface area (Å²) in [6.45, 7) is 1.76. The second kappa shape index (κ2) is 5.95. The first kappa shape index (κ1) is 13.9. The summed E-state index contributed by atoms with van der Waals surface area (Å²) in [5, 5.41) is 2.67. The predicted molar refractivity (Wildman–Crippen MR) is 63.8 cm³/mol. The summed E-state index contributed by atoms with van der Waals surface area (Å²) >= 11 is 2.95. The second-order valence-electron chi connectivity index (χ2n) is 3.37. The van der Waals surface area contributed by atoms with Crippen molar-refractivity contribution < 1.29 is 18.3 Å². The van der Waals surface area contributed by atoms with Gasteiger partial charge < -0.3 is 10.1 Å². The van der Waals surface area contributed by atoms with Gasteiger partial charge in [-0.15, -0.1) is 0 Å². The maximum Gasteiger partial charge on any atom is 0.328 e. The molecule has 17 heavy (non-hydrogen) atoms. The number of anilines is 1. The molecule has 1 unspecified atom stereocenters. The van der Waals surface area contributed by atoms with Crippen LogP contribution in [0.3, 0.4) is 0 Å². The zero-order valence-electron chi connectivity index (χ0n) is 9.39. The molecule has 0 saturated carbocycles. The van der Waals surface area contributed by atoms with Crippen molar-refractivity contribution in [3.8, 4) is 0 Å². The lowest BCUT2D eigenvalue weighted by Gasteiger charge is -2.16. The van der Waals surface area contributed by atoms with Crippen LogP contribution in [0.5, 0.6) is 0 Å². The summed E-state index contributed by atoms with van der Waals surface area (Å²) in [6.07, 6.45) is 0.432. The Morgan fingerprint density at radius 3 is 2.65 bits per heavy atom. The van der Waals surface area contributed by atoms with Crippen LogP contribution < -0.4 is 5.32 Å². The van der Waals surface area contributed by atoms with Crippen molar-refractivity contribution in [1.82, 2.24) is 0 Å². The largest absolute Gasteiger partial charge is 0.467 e. The molecule has 0 saturated heterocycles. The molecule has 94 valence electrons. The number of benzene rings is 1. The van der Waals surface area contributed by atoms with Crippen LogP contribution in [0.25, 0.3) is 0 Å². The third-order valence-corrected chi connectivity index (χ3v) is 2.84. The highest BCUT2D eigenvalue weighted by Gasteiger charge is 2.19. The molecule has 1 rings (SSSR count). The van der Waals surface area contributed by atoms with Gasteiger partial charge >= 0.3 is 5.97 Å². The fraction of sp³-hybridized carbons (Fsp3) is 0.364. The Balaban J connectivity index is 2.94. The molecule has 6 heteroatoms. The van der Waals surface area contributed by atoms with Crippen molar-refractivity contribution in [1.29, 1.82) is 0 Å². The monoisotopic (exact) mass is 307 g/mol. The van der Waals surface area contributed by atoms with Gasteiger partial charge in [0.25, 0.3) is 0 Å². The molecule has 0 bridgehead atoms. The number of carbonyl (C=O) groups is 1. The van der Waals surface area contributed by atoms with Crippen molar-refractivity contribution in [2.24, 2.45) is 0 Å². The van der Waals surface area contributed by atoms with Crippen LogP contribution in [0.1, 0.15) is 13.3 Å². The molecule has 0 radical (unpaired) electrons. The molecule has 0 amide bonds. The molecule has 0 aromatic heterocycles. The van der Waals surface area contributed by atoms with Crippen molar-refractivity contribution in [3.63, 3.8) is 0 Å². The van der Waals surface area contributed by atoms with Crippen LogP contribution in [-0.2, 0) is 9.53 Å². The Bertz CT molecular complexity index is 426. The predicted octanol–water partition coefficient (Wildman–Crippen LogP) is 3.09. The Morgan fingerprint density at radius 1 is 1.47 bits per heavy atom. The van der Waals surface area contributed by atoms with Crippen LogP contribution >= 0.6 is 15.9 Å². The van der Waals surface area contributed by atoms with Gasteiger partial charge in [0.1, 0.15) is 17.7 Å². The number of methoxy groups -OCH3 is 1. The molecule has 3 nitrogen and oxygen atoms in total. The van der Waals surface area contributed by atoms with E-state index in [1.54, 1.807) is 6.92 Å². The number of hydrogen-bond donors (Lipinski definition) is 1. The Hall–Kier alpha value is -1.17. The van der Waals surface area contributed by atoms with Crippen LogP contribution in [0, 0.1) is 11.6 Å². The SMILES string of the molecule is CCC(Nc1cc(Br)c(F)cc1F)C(=O)OC. The quantitative estimate of drug-likeness (QED) is 0.686. The lowest BCUT2D eigenvalue weighted by Crippen LogP contribution is -2.30. The fourth-order valence-corrected chi connectivity index (χ4v) is 1.63. The maximum atomic E-state index is 13.4. The zero-order valence-corrected chi connectivity index (χ0v) is 11.0. The van der Waals surface area contributed by atoms with E-state index in [1.807, 2.05) is 0 Å². The minimum absolute atomic E-state index is 0.0514. The van der Waals surface area contributed by atoms with Gasteiger partial charge in [-0.1, -0.05) is 6.92 Å². The highest BCUT2D eigenvalue weighted by molar-refractivity contribution is 9.10. The van der Waals surface area contributed by atoms with E-state index in [0.717, 1.165) is 6.07 Å². The van der Waals surface area contributed by atoms with E-state index < -0.39 is 23.6 Å². The molecule has 1 aromatic rings. The standard InChI is InChI=1S/C11H12BrF2NO2/c1-3-9(11(16)17-2)15-10-4-6(12)7(13)5-8(10)14/h4-5,9,15H,3H2,1-2H3. The first-order chi connectivity index (χ1) is 7.99. The van der Waals surface area contributed by atoms with Gasteiger partial charge in [0.15, 0.2) is 0 Å². The number of halogens is 3. The fourth-order valence-electron chi connectivity index (χ4n) is 1.29. The number of ether oxygens (including phenoxy) is 1. The van der Waals surface area contributed by atoms with E-state index in [2.05, 4.69) is 26.0 Å². The average molecular weight is 308 g/mol. The first-order valence-corrected chi connectivity index (χ1v) is 5.77. The van der Waals surface area contributed by atoms with E-state index >= 15 is 0 Å². The lowest BCUT2D eigenvalue weighted by molar-refractivity contribution is -0.141. The molecule has 0 fully saturated rings. The molecule has 0 aliphatic heterocycles. The van der Waals surface area contributed by atoms with Crippen molar-refractivity contribution in [2.45, 2.75) is 19.4 Å². The van der Waals surface area contributed by atoms with Gasteiger partial charge in [-0.2, -0.15) is 0 Å². The third-order valence-electron chi connectivity index (χ3n) is 2.23. The smallest absolute Gasteiger partial charge is 0.328 e. The molecule has 0 aliphatic carbocycles. The van der Waals surface area contributed by atoms with Gasteiger partial charge in [-0.3, -0.25) is 0 Å². The average Bonchev–Trinajstić information content (AvgIpc) is 2.31. The molecular formula is C11H12BrF2NO2. The number of esters is 1. The molecule has 1 aromatic carbocycles. The number of hydrogen-bond acceptors (Lipinski definition) is 3. The van der Waals surface area contributed by atoms with Crippen LogP contribution in [0.4, 0.5) is 14.5 Å². The van der Waals surface area contributed by atoms with Gasteiger partial charge in [-0.05, 0) is 28.4 Å². The molecule has 0 heterocycles. The van der Waals surface area contributed by atoms with E-state index in [9.17, 15) is 13.6 Å². The summed E-state index contributed by atoms with van der Waals surface area (Å²) in [6, 6.07) is 1.33. The van der Waals surface area contributed by atoms with Crippen molar-refractivity contribution in [3.05, 3.63) is 28.2 Å². The summed E-state index contributed by atoms with van der Waals surface area (Å²) in [4.78, 5) is 11.3.